The highest BCUT2D eigenvalue weighted by Crippen LogP contribution is 2.29. The fourth-order valence-electron chi connectivity index (χ4n) is 2.78. The zero-order valence-corrected chi connectivity index (χ0v) is 19.5. The summed E-state index contributed by atoms with van der Waals surface area (Å²) in [7, 11) is 1.48. The van der Waals surface area contributed by atoms with E-state index in [1.54, 1.807) is 60.7 Å². The van der Waals surface area contributed by atoms with Crippen molar-refractivity contribution in [3.05, 3.63) is 87.4 Å². The van der Waals surface area contributed by atoms with E-state index in [0.717, 1.165) is 5.56 Å². The second-order valence-corrected chi connectivity index (χ2v) is 7.94. The second kappa shape index (κ2) is 10.5. The van der Waals surface area contributed by atoms with Gasteiger partial charge >= 0.3 is 0 Å². The number of hydrogen-bond acceptors (Lipinski definition) is 4. The van der Waals surface area contributed by atoms with Gasteiger partial charge in [-0.25, -0.2) is 0 Å². The van der Waals surface area contributed by atoms with Gasteiger partial charge in [-0.1, -0.05) is 41.4 Å². The Morgan fingerprint density at radius 3 is 2.34 bits per heavy atom. The molecule has 0 aliphatic rings. The third-order valence-corrected chi connectivity index (χ3v) is 5.43. The molecule has 0 aliphatic carbocycles. The molecule has 9 heteroatoms. The van der Waals surface area contributed by atoms with E-state index >= 15 is 0 Å². The highest BCUT2D eigenvalue weighted by atomic mass is 35.5. The van der Waals surface area contributed by atoms with Gasteiger partial charge in [-0.3, -0.25) is 14.9 Å². The zero-order chi connectivity index (χ0) is 23.3. The number of amides is 2. The van der Waals surface area contributed by atoms with Crippen LogP contribution in [0.2, 0.25) is 10.0 Å². The van der Waals surface area contributed by atoms with Crippen LogP contribution in [-0.2, 0) is 0 Å². The van der Waals surface area contributed by atoms with Crippen molar-refractivity contribution in [3.8, 4) is 5.75 Å². The first-order valence-corrected chi connectivity index (χ1v) is 10.6. The standard InChI is InChI=1S/C23H19Cl2N3O3S/c1-13-7-8-14(11-18(13)25)21(29)28-23(32)26-15-9-10-19(20(12-15)31-2)27-22(30)16-5-3-4-6-17(16)24/h3-12H,1-2H3,(H,27,30)(H2,26,28,29,32). The van der Waals surface area contributed by atoms with Crippen LogP contribution in [0.15, 0.2) is 60.7 Å². The van der Waals surface area contributed by atoms with Crippen LogP contribution < -0.4 is 20.7 Å². The topological polar surface area (TPSA) is 79.5 Å². The van der Waals surface area contributed by atoms with Gasteiger partial charge in [0.25, 0.3) is 11.8 Å². The maximum atomic E-state index is 12.5. The van der Waals surface area contributed by atoms with Crippen molar-refractivity contribution in [3.63, 3.8) is 0 Å². The Kier molecular flexibility index (Phi) is 7.69. The lowest BCUT2D eigenvalue weighted by atomic mass is 10.1. The summed E-state index contributed by atoms with van der Waals surface area (Å²) in [5.74, 6) is -0.357. The molecule has 3 N–H and O–H groups in total. The summed E-state index contributed by atoms with van der Waals surface area (Å²) >= 11 is 17.4. The number of hydrogen-bond donors (Lipinski definition) is 3. The number of carbonyl (C=O) groups is 2. The fraction of sp³-hybridized carbons (Fsp3) is 0.0870. The van der Waals surface area contributed by atoms with Crippen molar-refractivity contribution in [1.82, 2.24) is 5.32 Å². The molecule has 32 heavy (non-hydrogen) atoms. The van der Waals surface area contributed by atoms with Gasteiger partial charge in [-0.2, -0.15) is 0 Å². The van der Waals surface area contributed by atoms with Crippen molar-refractivity contribution >= 4 is 63.7 Å². The van der Waals surface area contributed by atoms with E-state index in [1.807, 2.05) is 6.92 Å². The van der Waals surface area contributed by atoms with E-state index in [-0.39, 0.29) is 16.9 Å². The number of nitrogens with one attached hydrogen (secondary N) is 3. The molecule has 0 saturated carbocycles. The van der Waals surface area contributed by atoms with E-state index in [4.69, 9.17) is 40.2 Å². The summed E-state index contributed by atoms with van der Waals surface area (Å²) in [5, 5.41) is 9.23. The van der Waals surface area contributed by atoms with Crippen molar-refractivity contribution in [2.24, 2.45) is 0 Å². The number of benzene rings is 3. The third-order valence-electron chi connectivity index (χ3n) is 4.49. The Labute approximate surface area is 200 Å². The molecular formula is C23H19Cl2N3O3S. The van der Waals surface area contributed by atoms with Crippen molar-refractivity contribution in [1.29, 1.82) is 0 Å². The third kappa shape index (κ3) is 5.76. The smallest absolute Gasteiger partial charge is 0.257 e. The van der Waals surface area contributed by atoms with Crippen molar-refractivity contribution < 1.29 is 14.3 Å². The molecule has 3 rings (SSSR count). The molecule has 164 valence electrons. The van der Waals surface area contributed by atoms with Crippen molar-refractivity contribution in [2.75, 3.05) is 17.7 Å². The summed E-state index contributed by atoms with van der Waals surface area (Å²) in [6.45, 7) is 1.85. The van der Waals surface area contributed by atoms with E-state index < -0.39 is 0 Å². The molecule has 0 atom stereocenters. The summed E-state index contributed by atoms with van der Waals surface area (Å²) in [5.41, 5.74) is 2.62. The Morgan fingerprint density at radius 2 is 1.66 bits per heavy atom. The quantitative estimate of drug-likeness (QED) is 0.402. The fourth-order valence-corrected chi connectivity index (χ4v) is 3.39. The lowest BCUT2D eigenvalue weighted by Crippen LogP contribution is -2.34. The summed E-state index contributed by atoms with van der Waals surface area (Å²) in [6.07, 6.45) is 0. The van der Waals surface area contributed by atoms with Gasteiger partial charge in [-0.15, -0.1) is 0 Å². The van der Waals surface area contributed by atoms with E-state index in [0.29, 0.717) is 38.3 Å². The minimum Gasteiger partial charge on any atom is -0.494 e. The van der Waals surface area contributed by atoms with Crippen LogP contribution in [0.4, 0.5) is 11.4 Å². The molecule has 0 spiro atoms. The average molecular weight is 488 g/mol. The molecule has 0 radical (unpaired) electrons. The predicted molar refractivity (Wildman–Crippen MR) is 132 cm³/mol. The zero-order valence-electron chi connectivity index (χ0n) is 17.2. The van der Waals surface area contributed by atoms with E-state index in [9.17, 15) is 9.59 Å². The van der Waals surface area contributed by atoms with Gasteiger partial charge in [0.05, 0.1) is 23.4 Å². The number of thiocarbonyl (C=S) groups is 1. The minimum absolute atomic E-state index is 0.0987. The first-order chi connectivity index (χ1) is 15.3. The SMILES string of the molecule is COc1cc(NC(=S)NC(=O)c2ccc(C)c(Cl)c2)ccc1NC(=O)c1ccccc1Cl. The molecule has 0 aromatic heterocycles. The van der Waals surface area contributed by atoms with E-state index in [1.165, 1.54) is 7.11 Å². The summed E-state index contributed by atoms with van der Waals surface area (Å²) < 4.78 is 5.38. The molecule has 0 saturated heterocycles. The molecule has 0 heterocycles. The maximum Gasteiger partial charge on any atom is 0.257 e. The van der Waals surface area contributed by atoms with Gasteiger partial charge in [0.1, 0.15) is 5.75 Å². The normalized spacial score (nSPS) is 10.2. The number of halogens is 2. The largest absolute Gasteiger partial charge is 0.494 e. The Hall–Kier alpha value is -3.13. The first-order valence-electron chi connectivity index (χ1n) is 9.41. The minimum atomic E-state index is -0.389. The van der Waals surface area contributed by atoms with Gasteiger partial charge in [0.15, 0.2) is 5.11 Å². The number of carbonyl (C=O) groups excluding carboxylic acids is 2. The molecule has 2 amide bonds. The Bertz CT molecular complexity index is 1200. The molecule has 0 aliphatic heterocycles. The average Bonchev–Trinajstić information content (AvgIpc) is 2.76. The number of anilines is 2. The molecule has 6 nitrogen and oxygen atoms in total. The molecular weight excluding hydrogens is 469 g/mol. The van der Waals surface area contributed by atoms with Crippen LogP contribution in [0.1, 0.15) is 26.3 Å². The summed E-state index contributed by atoms with van der Waals surface area (Å²) in [4.78, 5) is 24.9. The maximum absolute atomic E-state index is 12.5. The van der Waals surface area contributed by atoms with Gasteiger partial charge in [0.2, 0.25) is 0 Å². The second-order valence-electron chi connectivity index (χ2n) is 6.72. The molecule has 0 fully saturated rings. The lowest BCUT2D eigenvalue weighted by molar-refractivity contribution is 0.0976. The number of rotatable bonds is 5. The molecule has 3 aromatic rings. The molecule has 3 aromatic carbocycles. The number of ether oxygens (including phenoxy) is 1. The molecule has 0 unspecified atom stereocenters. The summed E-state index contributed by atoms with van der Waals surface area (Å²) in [6, 6.07) is 16.7. The number of methoxy groups -OCH3 is 1. The van der Waals surface area contributed by atoms with Crippen LogP contribution in [0.3, 0.4) is 0 Å². The first kappa shape index (κ1) is 23.5. The van der Waals surface area contributed by atoms with Gasteiger partial charge in [0, 0.05) is 22.3 Å². The van der Waals surface area contributed by atoms with Crippen LogP contribution >= 0.6 is 35.4 Å². The van der Waals surface area contributed by atoms with E-state index in [2.05, 4.69) is 16.0 Å². The molecule has 0 bridgehead atoms. The van der Waals surface area contributed by atoms with Crippen LogP contribution in [0.5, 0.6) is 5.75 Å². The van der Waals surface area contributed by atoms with Gasteiger partial charge in [-0.05, 0) is 61.1 Å². The lowest BCUT2D eigenvalue weighted by Gasteiger charge is -2.14. The predicted octanol–water partition coefficient (Wildman–Crippen LogP) is 5.69. The Balaban J connectivity index is 1.68. The van der Waals surface area contributed by atoms with Crippen LogP contribution in [-0.4, -0.2) is 24.0 Å². The highest BCUT2D eigenvalue weighted by Gasteiger charge is 2.14. The van der Waals surface area contributed by atoms with Crippen molar-refractivity contribution in [2.45, 2.75) is 6.92 Å². The number of aryl methyl sites for hydroxylation is 1. The Morgan fingerprint density at radius 1 is 0.906 bits per heavy atom. The monoisotopic (exact) mass is 487 g/mol. The van der Waals surface area contributed by atoms with Crippen LogP contribution in [0, 0.1) is 6.92 Å². The highest BCUT2D eigenvalue weighted by molar-refractivity contribution is 7.80. The van der Waals surface area contributed by atoms with Crippen LogP contribution in [0.25, 0.3) is 0 Å². The van der Waals surface area contributed by atoms with Gasteiger partial charge < -0.3 is 15.4 Å².